The van der Waals surface area contributed by atoms with E-state index in [9.17, 15) is 9.59 Å². The number of likely N-dealkylation sites (tertiary alicyclic amines) is 1. The van der Waals surface area contributed by atoms with E-state index in [0.717, 1.165) is 5.69 Å². The van der Waals surface area contributed by atoms with Crippen LogP contribution in [-0.2, 0) is 9.53 Å². The molecular formula is C15H16N2O3S. The molecule has 21 heavy (non-hydrogen) atoms. The van der Waals surface area contributed by atoms with Crippen molar-refractivity contribution in [3.8, 4) is 5.69 Å². The van der Waals surface area contributed by atoms with Crippen LogP contribution in [0.1, 0.15) is 16.1 Å². The number of methoxy groups -OCH3 is 1. The van der Waals surface area contributed by atoms with Crippen molar-refractivity contribution in [1.29, 1.82) is 0 Å². The number of amides is 1. The predicted molar refractivity (Wildman–Crippen MR) is 79.7 cm³/mol. The van der Waals surface area contributed by atoms with Gasteiger partial charge in [0.1, 0.15) is 4.88 Å². The van der Waals surface area contributed by atoms with Gasteiger partial charge in [0.2, 0.25) is 0 Å². The van der Waals surface area contributed by atoms with Crippen molar-refractivity contribution < 1.29 is 14.3 Å². The molecule has 0 saturated carbocycles. The lowest BCUT2D eigenvalue weighted by molar-refractivity contribution is -0.144. The zero-order chi connectivity index (χ0) is 14.8. The van der Waals surface area contributed by atoms with Crippen molar-refractivity contribution in [2.24, 2.45) is 5.92 Å². The molecule has 2 aromatic heterocycles. The largest absolute Gasteiger partial charge is 0.469 e. The van der Waals surface area contributed by atoms with Crippen LogP contribution in [0.2, 0.25) is 0 Å². The van der Waals surface area contributed by atoms with Gasteiger partial charge in [0.25, 0.3) is 5.91 Å². The molecule has 3 rings (SSSR count). The molecule has 0 radical (unpaired) electrons. The van der Waals surface area contributed by atoms with Crippen LogP contribution in [-0.4, -0.2) is 41.5 Å². The summed E-state index contributed by atoms with van der Waals surface area (Å²) in [5.74, 6) is -0.448. The zero-order valence-corrected chi connectivity index (χ0v) is 12.5. The van der Waals surface area contributed by atoms with Crippen LogP contribution in [0.15, 0.2) is 36.0 Å². The highest BCUT2D eigenvalue weighted by Crippen LogP contribution is 2.26. The lowest BCUT2D eigenvalue weighted by Gasteiger charge is -2.16. The Morgan fingerprint density at radius 1 is 1.33 bits per heavy atom. The number of ether oxygens (including phenoxy) is 1. The second-order valence-corrected chi connectivity index (χ2v) is 5.90. The lowest BCUT2D eigenvalue weighted by Crippen LogP contribution is -2.30. The Morgan fingerprint density at radius 2 is 2.10 bits per heavy atom. The minimum Gasteiger partial charge on any atom is -0.469 e. The summed E-state index contributed by atoms with van der Waals surface area (Å²) in [6.07, 6.45) is 4.50. The van der Waals surface area contributed by atoms with Crippen molar-refractivity contribution in [3.63, 3.8) is 0 Å². The fourth-order valence-corrected chi connectivity index (χ4v) is 3.47. The molecule has 110 valence electrons. The number of nitrogens with zero attached hydrogens (tertiary/aromatic N) is 2. The highest BCUT2D eigenvalue weighted by Gasteiger charge is 2.33. The third kappa shape index (κ3) is 2.58. The number of esters is 1. The molecule has 0 spiro atoms. The SMILES string of the molecule is COC(=O)C1CCN(C(=O)c2sccc2-n2cccc2)C1. The molecule has 0 bridgehead atoms. The molecule has 1 aliphatic heterocycles. The number of rotatable bonds is 3. The normalized spacial score (nSPS) is 18.0. The van der Waals surface area contributed by atoms with Gasteiger partial charge in [-0.15, -0.1) is 11.3 Å². The highest BCUT2D eigenvalue weighted by molar-refractivity contribution is 7.12. The van der Waals surface area contributed by atoms with E-state index < -0.39 is 0 Å². The second kappa shape index (κ2) is 5.73. The van der Waals surface area contributed by atoms with E-state index in [1.165, 1.54) is 18.4 Å². The summed E-state index contributed by atoms with van der Waals surface area (Å²) in [4.78, 5) is 26.7. The first-order chi connectivity index (χ1) is 10.2. The summed E-state index contributed by atoms with van der Waals surface area (Å²) in [7, 11) is 1.39. The summed E-state index contributed by atoms with van der Waals surface area (Å²) in [6, 6.07) is 5.79. The minimum absolute atomic E-state index is 0.0138. The number of carbonyl (C=O) groups excluding carboxylic acids is 2. The third-order valence-electron chi connectivity index (χ3n) is 3.73. The van der Waals surface area contributed by atoms with E-state index in [0.29, 0.717) is 24.4 Å². The monoisotopic (exact) mass is 304 g/mol. The fraction of sp³-hybridized carbons (Fsp3) is 0.333. The molecule has 5 nitrogen and oxygen atoms in total. The number of hydrogen-bond acceptors (Lipinski definition) is 4. The average molecular weight is 304 g/mol. The van der Waals surface area contributed by atoms with Crippen LogP contribution >= 0.6 is 11.3 Å². The molecule has 3 heterocycles. The van der Waals surface area contributed by atoms with E-state index >= 15 is 0 Å². The first kappa shape index (κ1) is 13.9. The summed E-state index contributed by atoms with van der Waals surface area (Å²) in [5.41, 5.74) is 0.886. The van der Waals surface area contributed by atoms with Gasteiger partial charge in [-0.1, -0.05) is 0 Å². The first-order valence-corrected chi connectivity index (χ1v) is 7.66. The lowest BCUT2D eigenvalue weighted by atomic mass is 10.1. The van der Waals surface area contributed by atoms with E-state index in [-0.39, 0.29) is 17.8 Å². The molecule has 0 N–H and O–H groups in total. The van der Waals surface area contributed by atoms with Crippen LogP contribution < -0.4 is 0 Å². The van der Waals surface area contributed by atoms with Crippen molar-refractivity contribution in [1.82, 2.24) is 9.47 Å². The van der Waals surface area contributed by atoms with Crippen LogP contribution in [0.4, 0.5) is 0 Å². The average Bonchev–Trinajstić information content (AvgIpc) is 3.25. The van der Waals surface area contributed by atoms with E-state index in [1.807, 2.05) is 40.5 Å². The molecule has 1 atom stereocenters. The molecule has 0 aromatic carbocycles. The molecular weight excluding hydrogens is 288 g/mol. The number of carbonyl (C=O) groups is 2. The van der Waals surface area contributed by atoms with Gasteiger partial charge in [0.05, 0.1) is 18.7 Å². The molecule has 6 heteroatoms. The standard InChI is InChI=1S/C15H16N2O3S/c1-20-15(19)11-4-8-17(10-11)14(18)13-12(5-9-21-13)16-6-2-3-7-16/h2-3,5-7,9,11H,4,8,10H2,1H3. The molecule has 1 unspecified atom stereocenters. The Labute approximate surface area is 126 Å². The van der Waals surface area contributed by atoms with Crippen LogP contribution in [0.3, 0.4) is 0 Å². The molecule has 0 aliphatic carbocycles. The third-order valence-corrected chi connectivity index (χ3v) is 4.62. The van der Waals surface area contributed by atoms with E-state index in [4.69, 9.17) is 4.74 Å². The molecule has 2 aromatic rings. The van der Waals surface area contributed by atoms with Gasteiger partial charge >= 0.3 is 5.97 Å². The van der Waals surface area contributed by atoms with Gasteiger partial charge in [-0.2, -0.15) is 0 Å². The van der Waals surface area contributed by atoms with Gasteiger partial charge in [0, 0.05) is 25.5 Å². The van der Waals surface area contributed by atoms with Crippen molar-refractivity contribution in [3.05, 3.63) is 40.8 Å². The Balaban J connectivity index is 1.78. The van der Waals surface area contributed by atoms with E-state index in [1.54, 1.807) is 4.90 Å². The fourth-order valence-electron chi connectivity index (χ4n) is 2.61. The molecule has 1 saturated heterocycles. The van der Waals surface area contributed by atoms with Crippen molar-refractivity contribution >= 4 is 23.2 Å². The number of hydrogen-bond donors (Lipinski definition) is 0. The van der Waals surface area contributed by atoms with Gasteiger partial charge in [0.15, 0.2) is 0 Å². The van der Waals surface area contributed by atoms with E-state index in [2.05, 4.69) is 0 Å². The maximum Gasteiger partial charge on any atom is 0.310 e. The Morgan fingerprint density at radius 3 is 2.81 bits per heavy atom. The van der Waals surface area contributed by atoms with Gasteiger partial charge < -0.3 is 14.2 Å². The summed E-state index contributed by atoms with van der Waals surface area (Å²) < 4.78 is 6.69. The second-order valence-electron chi connectivity index (χ2n) is 4.99. The Hall–Kier alpha value is -2.08. The van der Waals surface area contributed by atoms with Crippen LogP contribution in [0.25, 0.3) is 5.69 Å². The number of thiophene rings is 1. The van der Waals surface area contributed by atoms with Gasteiger partial charge in [-0.25, -0.2) is 0 Å². The number of aromatic nitrogens is 1. The van der Waals surface area contributed by atoms with Crippen molar-refractivity contribution in [2.75, 3.05) is 20.2 Å². The van der Waals surface area contributed by atoms with Gasteiger partial charge in [-0.3, -0.25) is 9.59 Å². The summed E-state index contributed by atoms with van der Waals surface area (Å²) in [6.45, 7) is 1.04. The first-order valence-electron chi connectivity index (χ1n) is 6.78. The Kier molecular flexibility index (Phi) is 3.79. The quantitative estimate of drug-likeness (QED) is 0.817. The van der Waals surface area contributed by atoms with Crippen LogP contribution in [0, 0.1) is 5.92 Å². The highest BCUT2D eigenvalue weighted by atomic mass is 32.1. The molecule has 1 aliphatic rings. The zero-order valence-electron chi connectivity index (χ0n) is 11.7. The maximum atomic E-state index is 12.7. The summed E-state index contributed by atoms with van der Waals surface area (Å²) in [5, 5.41) is 1.91. The maximum absolute atomic E-state index is 12.7. The predicted octanol–water partition coefficient (Wildman–Crippen LogP) is 2.17. The smallest absolute Gasteiger partial charge is 0.310 e. The van der Waals surface area contributed by atoms with Gasteiger partial charge in [-0.05, 0) is 30.0 Å². The minimum atomic E-state index is -0.234. The molecule has 1 amide bonds. The van der Waals surface area contributed by atoms with Crippen LogP contribution in [0.5, 0.6) is 0 Å². The summed E-state index contributed by atoms with van der Waals surface area (Å²) >= 11 is 1.43. The van der Waals surface area contributed by atoms with Crippen molar-refractivity contribution in [2.45, 2.75) is 6.42 Å². The topological polar surface area (TPSA) is 51.5 Å². The Bertz CT molecular complexity index is 648. The molecule has 1 fully saturated rings.